The Balaban J connectivity index is 1.84. The lowest BCUT2D eigenvalue weighted by molar-refractivity contribution is -0.116. The van der Waals surface area contributed by atoms with Crippen LogP contribution in [0.1, 0.15) is 49.0 Å². The maximum atomic E-state index is 13.3. The van der Waals surface area contributed by atoms with E-state index in [2.05, 4.69) is 10.6 Å². The van der Waals surface area contributed by atoms with E-state index in [0.29, 0.717) is 11.4 Å². The Morgan fingerprint density at radius 1 is 0.971 bits per heavy atom. The van der Waals surface area contributed by atoms with Crippen molar-refractivity contribution in [3.05, 3.63) is 88.9 Å². The first-order chi connectivity index (χ1) is 16.7. The maximum absolute atomic E-state index is 13.3. The zero-order valence-corrected chi connectivity index (χ0v) is 21.3. The third kappa shape index (κ3) is 7.16. The van der Waals surface area contributed by atoms with Crippen molar-refractivity contribution in [2.24, 2.45) is 0 Å². The number of amides is 2. The minimum atomic E-state index is -3.96. The molecule has 0 radical (unpaired) electrons. The molecule has 0 spiro atoms. The standard InChI is InChI=1S/C27H29ClN2O4S/c1-3-7-26(31)30-24-18-21(27(32)29-19(2)10-11-20-8-5-4-6-9-20)12-17-25(24)35(33,34)23-15-13-22(28)14-16-23/h4-6,8-9,12-19H,3,7,10-11H2,1-2H3,(H,29,32)(H,30,31)/t19-/m1/s1. The van der Waals surface area contributed by atoms with Gasteiger partial charge in [0.2, 0.25) is 15.7 Å². The predicted octanol–water partition coefficient (Wildman–Crippen LogP) is 5.66. The van der Waals surface area contributed by atoms with E-state index in [1.54, 1.807) is 0 Å². The van der Waals surface area contributed by atoms with Crippen LogP contribution in [-0.2, 0) is 21.1 Å². The molecule has 0 heterocycles. The Morgan fingerprint density at radius 3 is 2.31 bits per heavy atom. The zero-order chi connectivity index (χ0) is 25.4. The van der Waals surface area contributed by atoms with Crippen molar-refractivity contribution >= 4 is 38.9 Å². The van der Waals surface area contributed by atoms with Gasteiger partial charge in [-0.1, -0.05) is 48.9 Å². The molecule has 3 rings (SSSR count). The highest BCUT2D eigenvalue weighted by molar-refractivity contribution is 7.91. The van der Waals surface area contributed by atoms with Gasteiger partial charge >= 0.3 is 0 Å². The number of aryl methyl sites for hydroxylation is 1. The summed E-state index contributed by atoms with van der Waals surface area (Å²) < 4.78 is 26.6. The van der Waals surface area contributed by atoms with E-state index in [9.17, 15) is 18.0 Å². The quantitative estimate of drug-likeness (QED) is 0.366. The number of sulfone groups is 1. The summed E-state index contributed by atoms with van der Waals surface area (Å²) in [5.41, 5.74) is 1.52. The third-order valence-corrected chi connectivity index (χ3v) is 7.57. The lowest BCUT2D eigenvalue weighted by atomic mass is 10.1. The van der Waals surface area contributed by atoms with Gasteiger partial charge in [-0.25, -0.2) is 8.42 Å². The molecule has 2 amide bonds. The molecule has 0 saturated carbocycles. The second-order valence-corrected chi connectivity index (χ2v) is 10.7. The summed E-state index contributed by atoms with van der Waals surface area (Å²) >= 11 is 5.90. The van der Waals surface area contributed by atoms with Gasteiger partial charge in [-0.2, -0.15) is 0 Å². The van der Waals surface area contributed by atoms with Gasteiger partial charge in [0.1, 0.15) is 0 Å². The van der Waals surface area contributed by atoms with Gasteiger partial charge in [-0.15, -0.1) is 0 Å². The summed E-state index contributed by atoms with van der Waals surface area (Å²) in [4.78, 5) is 25.2. The summed E-state index contributed by atoms with van der Waals surface area (Å²) in [6, 6.07) is 19.9. The number of hydrogen-bond donors (Lipinski definition) is 2. The van der Waals surface area contributed by atoms with Crippen LogP contribution >= 0.6 is 11.6 Å². The molecule has 2 N–H and O–H groups in total. The van der Waals surface area contributed by atoms with Gasteiger partial charge in [0, 0.05) is 23.0 Å². The maximum Gasteiger partial charge on any atom is 0.251 e. The van der Waals surface area contributed by atoms with Gasteiger partial charge < -0.3 is 10.6 Å². The molecule has 184 valence electrons. The molecule has 35 heavy (non-hydrogen) atoms. The van der Waals surface area contributed by atoms with E-state index in [1.807, 2.05) is 44.2 Å². The number of benzene rings is 3. The molecule has 0 aromatic heterocycles. The van der Waals surface area contributed by atoms with Crippen molar-refractivity contribution in [1.29, 1.82) is 0 Å². The third-order valence-electron chi connectivity index (χ3n) is 5.49. The minimum absolute atomic E-state index is 0.0413. The Kier molecular flexibility index (Phi) is 9.07. The molecule has 0 saturated heterocycles. The SMILES string of the molecule is CCCC(=O)Nc1cc(C(=O)N[C@H](C)CCc2ccccc2)ccc1S(=O)(=O)c1ccc(Cl)cc1. The Hall–Kier alpha value is -3.16. The molecule has 3 aromatic carbocycles. The summed E-state index contributed by atoms with van der Waals surface area (Å²) in [6.45, 7) is 3.77. The Morgan fingerprint density at radius 2 is 1.66 bits per heavy atom. The second kappa shape index (κ2) is 12.0. The normalized spacial score (nSPS) is 12.1. The van der Waals surface area contributed by atoms with Crippen LogP contribution in [0, 0.1) is 0 Å². The minimum Gasteiger partial charge on any atom is -0.350 e. The molecule has 0 aliphatic rings. The number of carbonyl (C=O) groups is 2. The van der Waals surface area contributed by atoms with E-state index in [-0.39, 0.29) is 45.3 Å². The monoisotopic (exact) mass is 512 g/mol. The highest BCUT2D eigenvalue weighted by Crippen LogP contribution is 2.30. The summed E-state index contributed by atoms with van der Waals surface area (Å²) in [5.74, 6) is -0.666. The number of anilines is 1. The molecular weight excluding hydrogens is 484 g/mol. The fourth-order valence-corrected chi connectivity index (χ4v) is 5.11. The number of rotatable bonds is 10. The van der Waals surface area contributed by atoms with Crippen LogP contribution in [0.25, 0.3) is 0 Å². The summed E-state index contributed by atoms with van der Waals surface area (Å²) in [6.07, 6.45) is 2.40. The van der Waals surface area contributed by atoms with Gasteiger partial charge in [0.15, 0.2) is 0 Å². The number of halogens is 1. The predicted molar refractivity (Wildman–Crippen MR) is 139 cm³/mol. The van der Waals surface area contributed by atoms with Crippen molar-refractivity contribution in [2.45, 2.75) is 55.4 Å². The molecule has 0 unspecified atom stereocenters. The topological polar surface area (TPSA) is 92.3 Å². The van der Waals surface area contributed by atoms with Crippen molar-refractivity contribution in [2.75, 3.05) is 5.32 Å². The van der Waals surface area contributed by atoms with Crippen LogP contribution in [0.2, 0.25) is 5.02 Å². The zero-order valence-electron chi connectivity index (χ0n) is 19.8. The van der Waals surface area contributed by atoms with Gasteiger partial charge in [-0.05, 0) is 74.2 Å². The van der Waals surface area contributed by atoms with Crippen LogP contribution in [0.15, 0.2) is 82.6 Å². The lowest BCUT2D eigenvalue weighted by Crippen LogP contribution is -2.33. The largest absolute Gasteiger partial charge is 0.350 e. The number of carbonyl (C=O) groups excluding carboxylic acids is 2. The van der Waals surface area contributed by atoms with Crippen molar-refractivity contribution in [1.82, 2.24) is 5.32 Å². The molecule has 1 atom stereocenters. The average Bonchev–Trinajstić information content (AvgIpc) is 2.83. The first-order valence-corrected chi connectivity index (χ1v) is 13.4. The fraction of sp³-hybridized carbons (Fsp3) is 0.259. The first kappa shape index (κ1) is 26.4. The van der Waals surface area contributed by atoms with Crippen LogP contribution < -0.4 is 10.6 Å². The molecule has 0 aliphatic heterocycles. The summed E-state index contributed by atoms with van der Waals surface area (Å²) in [7, 11) is -3.96. The molecular formula is C27H29ClN2O4S. The van der Waals surface area contributed by atoms with E-state index < -0.39 is 9.84 Å². The molecule has 0 bridgehead atoms. The number of nitrogens with one attached hydrogen (secondary N) is 2. The highest BCUT2D eigenvalue weighted by Gasteiger charge is 2.24. The molecule has 8 heteroatoms. The number of hydrogen-bond acceptors (Lipinski definition) is 4. The Bertz CT molecular complexity index is 1280. The smallest absolute Gasteiger partial charge is 0.251 e. The lowest BCUT2D eigenvalue weighted by Gasteiger charge is -2.16. The van der Waals surface area contributed by atoms with Crippen LogP contribution in [-0.4, -0.2) is 26.3 Å². The van der Waals surface area contributed by atoms with Gasteiger partial charge in [0.05, 0.1) is 15.5 Å². The van der Waals surface area contributed by atoms with Gasteiger partial charge in [0.25, 0.3) is 5.91 Å². The Labute approximate surface area is 211 Å². The average molecular weight is 513 g/mol. The van der Waals surface area contributed by atoms with Crippen LogP contribution in [0.3, 0.4) is 0 Å². The second-order valence-electron chi connectivity index (χ2n) is 8.37. The molecule has 3 aromatic rings. The molecule has 0 fully saturated rings. The van der Waals surface area contributed by atoms with Crippen molar-refractivity contribution in [3.63, 3.8) is 0 Å². The van der Waals surface area contributed by atoms with E-state index >= 15 is 0 Å². The van der Waals surface area contributed by atoms with Crippen molar-refractivity contribution < 1.29 is 18.0 Å². The summed E-state index contributed by atoms with van der Waals surface area (Å²) in [5, 5.41) is 6.03. The van der Waals surface area contributed by atoms with Crippen LogP contribution in [0.4, 0.5) is 5.69 Å². The van der Waals surface area contributed by atoms with Gasteiger partial charge in [-0.3, -0.25) is 9.59 Å². The van der Waals surface area contributed by atoms with E-state index in [4.69, 9.17) is 11.6 Å². The highest BCUT2D eigenvalue weighted by atomic mass is 35.5. The van der Waals surface area contributed by atoms with E-state index in [1.165, 1.54) is 48.0 Å². The van der Waals surface area contributed by atoms with E-state index in [0.717, 1.165) is 12.8 Å². The molecule has 0 aliphatic carbocycles. The molecule has 6 nitrogen and oxygen atoms in total. The fourth-order valence-electron chi connectivity index (χ4n) is 3.59. The first-order valence-electron chi connectivity index (χ1n) is 11.5. The van der Waals surface area contributed by atoms with Crippen LogP contribution in [0.5, 0.6) is 0 Å². The van der Waals surface area contributed by atoms with Crippen molar-refractivity contribution in [3.8, 4) is 0 Å².